The van der Waals surface area contributed by atoms with Crippen molar-refractivity contribution >= 4 is 18.3 Å². The average molecular weight is 330 g/mol. The van der Waals surface area contributed by atoms with Gasteiger partial charge < -0.3 is 19.5 Å². The second kappa shape index (κ2) is 7.92. The summed E-state index contributed by atoms with van der Waals surface area (Å²) in [5.41, 5.74) is 0. The number of aryl methyl sites for hydroxylation is 1. The minimum Gasteiger partial charge on any atom is -0.378 e. The fourth-order valence-corrected chi connectivity index (χ4v) is 2.97. The Balaban J connectivity index is 0.00000176. The zero-order valence-electron chi connectivity index (χ0n) is 12.9. The molecule has 3 rings (SSSR count). The smallest absolute Gasteiger partial charge is 0.236 e. The number of imidazole rings is 1. The number of nitrogens with one attached hydrogen (secondary N) is 1. The Labute approximate surface area is 137 Å². The van der Waals surface area contributed by atoms with Crippen LogP contribution in [0.25, 0.3) is 0 Å². The zero-order chi connectivity index (χ0) is 14.7. The van der Waals surface area contributed by atoms with Crippen molar-refractivity contribution in [1.82, 2.24) is 24.7 Å². The molecule has 0 bridgehead atoms. The summed E-state index contributed by atoms with van der Waals surface area (Å²) in [4.78, 5) is 21.0. The summed E-state index contributed by atoms with van der Waals surface area (Å²) in [6.07, 6.45) is 3.76. The van der Waals surface area contributed by atoms with Crippen molar-refractivity contribution in [1.29, 1.82) is 0 Å². The molecule has 2 fully saturated rings. The van der Waals surface area contributed by atoms with Gasteiger partial charge >= 0.3 is 0 Å². The van der Waals surface area contributed by atoms with E-state index in [9.17, 15) is 4.79 Å². The van der Waals surface area contributed by atoms with Crippen LogP contribution in [-0.4, -0.2) is 77.7 Å². The van der Waals surface area contributed by atoms with Gasteiger partial charge in [0.1, 0.15) is 5.82 Å². The van der Waals surface area contributed by atoms with E-state index in [1.54, 1.807) is 0 Å². The van der Waals surface area contributed by atoms with Crippen molar-refractivity contribution in [3.05, 3.63) is 18.2 Å². The number of piperazine rings is 1. The molecule has 7 nitrogen and oxygen atoms in total. The summed E-state index contributed by atoms with van der Waals surface area (Å²) >= 11 is 0. The maximum Gasteiger partial charge on any atom is 0.236 e. The number of halogens is 1. The Kier molecular flexibility index (Phi) is 6.19. The van der Waals surface area contributed by atoms with Gasteiger partial charge in [-0.15, -0.1) is 12.4 Å². The summed E-state index contributed by atoms with van der Waals surface area (Å²) in [5.74, 6) is 1.20. The fourth-order valence-electron chi connectivity index (χ4n) is 2.97. The first-order chi connectivity index (χ1) is 10.3. The molecule has 8 heteroatoms. The molecule has 1 aromatic rings. The number of morpholine rings is 1. The van der Waals surface area contributed by atoms with Crippen LogP contribution in [0.4, 0.5) is 0 Å². The van der Waals surface area contributed by atoms with Gasteiger partial charge in [0, 0.05) is 52.2 Å². The van der Waals surface area contributed by atoms with E-state index < -0.39 is 0 Å². The lowest BCUT2D eigenvalue weighted by Crippen LogP contribution is -2.52. The van der Waals surface area contributed by atoms with E-state index in [4.69, 9.17) is 4.74 Å². The van der Waals surface area contributed by atoms with E-state index >= 15 is 0 Å². The minimum absolute atomic E-state index is 0. The van der Waals surface area contributed by atoms with Crippen molar-refractivity contribution in [3.63, 3.8) is 0 Å². The number of rotatable bonds is 3. The molecular weight excluding hydrogens is 306 g/mol. The third kappa shape index (κ3) is 3.78. The number of nitrogens with zero attached hydrogens (tertiary/aromatic N) is 4. The Bertz CT molecular complexity index is 489. The molecule has 0 aliphatic carbocycles. The van der Waals surface area contributed by atoms with Gasteiger partial charge in [-0.1, -0.05) is 0 Å². The summed E-state index contributed by atoms with van der Waals surface area (Å²) < 4.78 is 7.34. The Hall–Kier alpha value is -1.15. The summed E-state index contributed by atoms with van der Waals surface area (Å²) in [6.45, 7) is 5.79. The van der Waals surface area contributed by atoms with Crippen LogP contribution in [0.1, 0.15) is 11.9 Å². The van der Waals surface area contributed by atoms with Crippen LogP contribution < -0.4 is 5.32 Å². The highest BCUT2D eigenvalue weighted by molar-refractivity contribution is 5.85. The van der Waals surface area contributed by atoms with Gasteiger partial charge in [-0.25, -0.2) is 4.98 Å². The zero-order valence-corrected chi connectivity index (χ0v) is 13.7. The second-order valence-electron chi connectivity index (χ2n) is 5.58. The van der Waals surface area contributed by atoms with Gasteiger partial charge in [0.05, 0.1) is 25.8 Å². The van der Waals surface area contributed by atoms with E-state index in [1.165, 1.54) is 0 Å². The van der Waals surface area contributed by atoms with E-state index in [0.717, 1.165) is 25.5 Å². The average Bonchev–Trinajstić information content (AvgIpc) is 2.95. The number of hydrogen-bond donors (Lipinski definition) is 1. The number of carbonyl (C=O) groups excluding carboxylic acids is 1. The first-order valence-corrected chi connectivity index (χ1v) is 7.53. The van der Waals surface area contributed by atoms with Crippen LogP contribution in [0, 0.1) is 0 Å². The first kappa shape index (κ1) is 17.2. The molecule has 22 heavy (non-hydrogen) atoms. The number of carbonyl (C=O) groups is 1. The van der Waals surface area contributed by atoms with Gasteiger partial charge in [-0.2, -0.15) is 0 Å². The molecule has 1 amide bonds. The molecule has 124 valence electrons. The molecule has 0 radical (unpaired) electrons. The normalized spacial score (nSPS) is 23.1. The molecule has 1 aromatic heterocycles. The van der Waals surface area contributed by atoms with Gasteiger partial charge in [-0.05, 0) is 0 Å². The fraction of sp³-hybridized carbons (Fsp3) is 0.714. The molecule has 1 N–H and O–H groups in total. The molecule has 1 unspecified atom stereocenters. The lowest BCUT2D eigenvalue weighted by molar-refractivity contribution is -0.137. The maximum atomic E-state index is 12.4. The monoisotopic (exact) mass is 329 g/mol. The molecule has 2 aliphatic heterocycles. The van der Waals surface area contributed by atoms with E-state index in [0.29, 0.717) is 32.8 Å². The largest absolute Gasteiger partial charge is 0.378 e. The molecule has 0 spiro atoms. The van der Waals surface area contributed by atoms with Gasteiger partial charge in [-0.3, -0.25) is 9.69 Å². The standard InChI is InChI=1S/C14H23N5O2.ClH/c1-17-4-3-16-14(17)12-10-15-2-5-19(12)11-13(20)18-6-8-21-9-7-18;/h3-4,12,15H,2,5-11H2,1H3;1H. The highest BCUT2D eigenvalue weighted by atomic mass is 35.5. The first-order valence-electron chi connectivity index (χ1n) is 7.53. The molecule has 3 heterocycles. The van der Waals surface area contributed by atoms with Crippen LogP contribution in [0.3, 0.4) is 0 Å². The number of ether oxygens (including phenoxy) is 1. The topological polar surface area (TPSA) is 62.6 Å². The molecular formula is C14H24ClN5O2. The Morgan fingerprint density at radius 2 is 2.18 bits per heavy atom. The predicted octanol–water partition coefficient (Wildman–Crippen LogP) is -0.353. The number of aromatic nitrogens is 2. The maximum absolute atomic E-state index is 12.4. The molecule has 0 aromatic carbocycles. The van der Waals surface area contributed by atoms with E-state index in [2.05, 4.69) is 15.2 Å². The van der Waals surface area contributed by atoms with Crippen LogP contribution >= 0.6 is 12.4 Å². The van der Waals surface area contributed by atoms with Gasteiger partial charge in [0.25, 0.3) is 0 Å². The number of amides is 1. The SMILES string of the molecule is Cl.Cn1ccnc1C1CNCCN1CC(=O)N1CCOCC1. The highest BCUT2D eigenvalue weighted by Gasteiger charge is 2.29. The second-order valence-corrected chi connectivity index (χ2v) is 5.58. The van der Waals surface area contributed by atoms with Crippen molar-refractivity contribution in [3.8, 4) is 0 Å². The molecule has 0 saturated carbocycles. The van der Waals surface area contributed by atoms with E-state index in [-0.39, 0.29) is 24.4 Å². The van der Waals surface area contributed by atoms with Crippen molar-refractivity contribution in [2.75, 3.05) is 52.5 Å². The lowest BCUT2D eigenvalue weighted by atomic mass is 10.1. The predicted molar refractivity (Wildman–Crippen MR) is 85.0 cm³/mol. The van der Waals surface area contributed by atoms with Gasteiger partial charge in [0.15, 0.2) is 0 Å². The summed E-state index contributed by atoms with van der Waals surface area (Å²) in [7, 11) is 2.00. The van der Waals surface area contributed by atoms with Gasteiger partial charge in [0.2, 0.25) is 5.91 Å². The minimum atomic E-state index is 0. The van der Waals surface area contributed by atoms with Crippen molar-refractivity contribution < 1.29 is 9.53 Å². The number of hydrogen-bond acceptors (Lipinski definition) is 5. The lowest BCUT2D eigenvalue weighted by Gasteiger charge is -2.37. The third-order valence-electron chi connectivity index (χ3n) is 4.21. The van der Waals surface area contributed by atoms with E-state index in [1.807, 2.05) is 28.9 Å². The highest BCUT2D eigenvalue weighted by Crippen LogP contribution is 2.20. The Morgan fingerprint density at radius 1 is 1.41 bits per heavy atom. The molecule has 2 saturated heterocycles. The Morgan fingerprint density at radius 3 is 2.86 bits per heavy atom. The van der Waals surface area contributed by atoms with Crippen molar-refractivity contribution in [2.24, 2.45) is 7.05 Å². The molecule has 2 aliphatic rings. The van der Waals surface area contributed by atoms with Crippen LogP contribution in [0.15, 0.2) is 12.4 Å². The summed E-state index contributed by atoms with van der Waals surface area (Å²) in [5, 5.41) is 3.39. The summed E-state index contributed by atoms with van der Waals surface area (Å²) in [6, 6.07) is 0.156. The van der Waals surface area contributed by atoms with Crippen molar-refractivity contribution in [2.45, 2.75) is 6.04 Å². The van der Waals surface area contributed by atoms with Crippen LogP contribution in [0.5, 0.6) is 0 Å². The van der Waals surface area contributed by atoms with Crippen LogP contribution in [0.2, 0.25) is 0 Å². The molecule has 1 atom stereocenters. The third-order valence-corrected chi connectivity index (χ3v) is 4.21. The van der Waals surface area contributed by atoms with Crippen LogP contribution in [-0.2, 0) is 16.6 Å². The quantitative estimate of drug-likeness (QED) is 0.821.